The molecule has 1 fully saturated rings. The van der Waals surface area contributed by atoms with Crippen LogP contribution in [0.2, 0.25) is 0 Å². The zero-order valence-electron chi connectivity index (χ0n) is 8.37. The average molecular weight is 194 g/mol. The van der Waals surface area contributed by atoms with Crippen molar-refractivity contribution in [1.29, 1.82) is 0 Å². The van der Waals surface area contributed by atoms with Crippen LogP contribution >= 0.6 is 0 Å². The second-order valence-corrected chi connectivity index (χ2v) is 4.40. The van der Waals surface area contributed by atoms with Gasteiger partial charge >= 0.3 is 0 Å². The van der Waals surface area contributed by atoms with Gasteiger partial charge < -0.3 is 5.32 Å². The number of hydrogen-bond donors (Lipinski definition) is 2. The Morgan fingerprint density at radius 2 is 2.50 bits per heavy atom. The Bertz CT molecular complexity index is 331. The zero-order valence-corrected chi connectivity index (χ0v) is 8.37. The Kier molecular flexibility index (Phi) is 2.02. The molecule has 1 atom stereocenters. The summed E-state index contributed by atoms with van der Waals surface area (Å²) in [7, 11) is 0. The molecule has 1 saturated carbocycles. The van der Waals surface area contributed by atoms with E-state index in [1.54, 1.807) is 0 Å². The summed E-state index contributed by atoms with van der Waals surface area (Å²) >= 11 is 0. The molecule has 2 rings (SSSR count). The molecular formula is C9H14N4O. The number of nitrogens with one attached hydrogen (secondary N) is 2. The van der Waals surface area contributed by atoms with Gasteiger partial charge in [0.15, 0.2) is 0 Å². The van der Waals surface area contributed by atoms with Crippen molar-refractivity contribution >= 4 is 5.91 Å². The standard InChI is InChI=1S/C9H14N4O/c1-9(2)3-6(9)8(14)10-4-7-11-5-12-13-7/h5-6H,3-4H2,1-2H3,(H,10,14)(H,11,12,13)/t6-/m1/s1. The molecule has 5 nitrogen and oxygen atoms in total. The summed E-state index contributed by atoms with van der Waals surface area (Å²) in [5, 5.41) is 9.23. The SMILES string of the molecule is CC1(C)C[C@@H]1C(=O)NCc1ncn[nH]1. The van der Waals surface area contributed by atoms with E-state index in [1.807, 2.05) is 0 Å². The largest absolute Gasteiger partial charge is 0.349 e. The van der Waals surface area contributed by atoms with Gasteiger partial charge in [-0.1, -0.05) is 13.8 Å². The van der Waals surface area contributed by atoms with Crippen LogP contribution in [0.3, 0.4) is 0 Å². The van der Waals surface area contributed by atoms with Gasteiger partial charge in [-0.25, -0.2) is 4.98 Å². The Hall–Kier alpha value is -1.39. The molecule has 1 aromatic heterocycles. The van der Waals surface area contributed by atoms with Gasteiger partial charge in [0.2, 0.25) is 5.91 Å². The molecule has 0 unspecified atom stereocenters. The van der Waals surface area contributed by atoms with E-state index in [4.69, 9.17) is 0 Å². The first-order valence-electron chi connectivity index (χ1n) is 4.71. The van der Waals surface area contributed by atoms with Gasteiger partial charge in [-0.2, -0.15) is 5.10 Å². The number of aromatic nitrogens is 3. The van der Waals surface area contributed by atoms with Crippen molar-refractivity contribution in [2.75, 3.05) is 0 Å². The summed E-state index contributed by atoms with van der Waals surface area (Å²) in [6.07, 6.45) is 2.41. The number of amides is 1. The van der Waals surface area contributed by atoms with Crippen molar-refractivity contribution in [3.05, 3.63) is 12.2 Å². The lowest BCUT2D eigenvalue weighted by atomic mass is 10.1. The lowest BCUT2D eigenvalue weighted by Gasteiger charge is -2.04. The van der Waals surface area contributed by atoms with E-state index in [1.165, 1.54) is 6.33 Å². The minimum Gasteiger partial charge on any atom is -0.349 e. The molecule has 14 heavy (non-hydrogen) atoms. The third-order valence-electron chi connectivity index (χ3n) is 2.72. The predicted molar refractivity (Wildman–Crippen MR) is 50.1 cm³/mol. The van der Waals surface area contributed by atoms with Crippen LogP contribution in [0.5, 0.6) is 0 Å². The summed E-state index contributed by atoms with van der Waals surface area (Å²) in [5.41, 5.74) is 0.186. The molecule has 0 spiro atoms. The van der Waals surface area contributed by atoms with Crippen LogP contribution in [0.15, 0.2) is 6.33 Å². The third-order valence-corrected chi connectivity index (χ3v) is 2.72. The Labute approximate surface area is 82.3 Å². The minimum absolute atomic E-state index is 0.117. The Balaban J connectivity index is 1.80. The second kappa shape index (κ2) is 3.08. The normalized spacial score (nSPS) is 23.1. The van der Waals surface area contributed by atoms with Gasteiger partial charge in [-0.05, 0) is 11.8 Å². The van der Waals surface area contributed by atoms with Crippen LogP contribution in [0.25, 0.3) is 0 Å². The molecule has 1 aliphatic rings. The fourth-order valence-electron chi connectivity index (χ4n) is 1.52. The third kappa shape index (κ3) is 1.76. The van der Waals surface area contributed by atoms with Crippen LogP contribution in [0.1, 0.15) is 26.1 Å². The van der Waals surface area contributed by atoms with Crippen molar-refractivity contribution in [3.8, 4) is 0 Å². The molecule has 0 bridgehead atoms. The quantitative estimate of drug-likeness (QED) is 0.734. The summed E-state index contributed by atoms with van der Waals surface area (Å²) in [4.78, 5) is 15.5. The van der Waals surface area contributed by atoms with Crippen molar-refractivity contribution in [2.24, 2.45) is 11.3 Å². The van der Waals surface area contributed by atoms with E-state index in [-0.39, 0.29) is 17.2 Å². The lowest BCUT2D eigenvalue weighted by molar-refractivity contribution is -0.123. The van der Waals surface area contributed by atoms with E-state index in [0.717, 1.165) is 6.42 Å². The number of carbonyl (C=O) groups excluding carboxylic acids is 1. The molecule has 0 saturated heterocycles. The molecule has 1 amide bonds. The number of aromatic amines is 1. The monoisotopic (exact) mass is 194 g/mol. The molecule has 1 heterocycles. The first kappa shape index (κ1) is 9.18. The summed E-state index contributed by atoms with van der Waals surface area (Å²) in [5.74, 6) is 0.980. The van der Waals surface area contributed by atoms with Crippen molar-refractivity contribution in [3.63, 3.8) is 0 Å². The second-order valence-electron chi connectivity index (χ2n) is 4.40. The van der Waals surface area contributed by atoms with Crippen LogP contribution in [-0.4, -0.2) is 21.1 Å². The van der Waals surface area contributed by atoms with Crippen LogP contribution < -0.4 is 5.32 Å². The molecule has 76 valence electrons. The first-order chi connectivity index (χ1) is 6.59. The van der Waals surface area contributed by atoms with Crippen LogP contribution in [0.4, 0.5) is 0 Å². The van der Waals surface area contributed by atoms with E-state index in [9.17, 15) is 4.79 Å². The average Bonchev–Trinajstić information content (AvgIpc) is 2.61. The van der Waals surface area contributed by atoms with E-state index >= 15 is 0 Å². The number of H-pyrrole nitrogens is 1. The van der Waals surface area contributed by atoms with Gasteiger partial charge in [-0.3, -0.25) is 9.89 Å². The summed E-state index contributed by atoms with van der Waals surface area (Å²) < 4.78 is 0. The highest BCUT2D eigenvalue weighted by Crippen LogP contribution is 2.51. The lowest BCUT2D eigenvalue weighted by Crippen LogP contribution is -2.26. The van der Waals surface area contributed by atoms with Crippen LogP contribution in [-0.2, 0) is 11.3 Å². The molecule has 2 N–H and O–H groups in total. The maximum absolute atomic E-state index is 11.5. The number of carbonyl (C=O) groups is 1. The molecule has 0 aliphatic heterocycles. The molecule has 5 heteroatoms. The van der Waals surface area contributed by atoms with Gasteiger partial charge in [0.1, 0.15) is 12.2 Å². The van der Waals surface area contributed by atoms with Crippen molar-refractivity contribution in [1.82, 2.24) is 20.5 Å². The number of hydrogen-bond acceptors (Lipinski definition) is 3. The van der Waals surface area contributed by atoms with Gasteiger partial charge in [-0.15, -0.1) is 0 Å². The predicted octanol–water partition coefficient (Wildman–Crippen LogP) is 0.467. The highest BCUT2D eigenvalue weighted by atomic mass is 16.2. The Morgan fingerprint density at radius 1 is 1.79 bits per heavy atom. The molecular weight excluding hydrogens is 180 g/mol. The zero-order chi connectivity index (χ0) is 10.2. The maximum atomic E-state index is 11.5. The smallest absolute Gasteiger partial charge is 0.224 e. The summed E-state index contributed by atoms with van der Waals surface area (Å²) in [6, 6.07) is 0. The summed E-state index contributed by atoms with van der Waals surface area (Å²) in [6.45, 7) is 4.64. The number of rotatable bonds is 3. The number of nitrogens with zero attached hydrogens (tertiary/aromatic N) is 2. The first-order valence-corrected chi connectivity index (χ1v) is 4.71. The fourth-order valence-corrected chi connectivity index (χ4v) is 1.52. The van der Waals surface area contributed by atoms with E-state index in [0.29, 0.717) is 12.4 Å². The molecule has 1 aromatic rings. The maximum Gasteiger partial charge on any atom is 0.224 e. The van der Waals surface area contributed by atoms with E-state index in [2.05, 4.69) is 34.3 Å². The molecule has 0 radical (unpaired) electrons. The minimum atomic E-state index is 0.117. The van der Waals surface area contributed by atoms with Gasteiger partial charge in [0, 0.05) is 5.92 Å². The van der Waals surface area contributed by atoms with Crippen LogP contribution in [0, 0.1) is 11.3 Å². The van der Waals surface area contributed by atoms with Crippen molar-refractivity contribution < 1.29 is 4.79 Å². The van der Waals surface area contributed by atoms with Gasteiger partial charge in [0.25, 0.3) is 0 Å². The highest BCUT2D eigenvalue weighted by molar-refractivity contribution is 5.82. The van der Waals surface area contributed by atoms with Crippen molar-refractivity contribution in [2.45, 2.75) is 26.8 Å². The van der Waals surface area contributed by atoms with E-state index < -0.39 is 0 Å². The topological polar surface area (TPSA) is 70.7 Å². The fraction of sp³-hybridized carbons (Fsp3) is 0.667. The highest BCUT2D eigenvalue weighted by Gasteiger charge is 2.50. The molecule has 1 aliphatic carbocycles. The van der Waals surface area contributed by atoms with Gasteiger partial charge in [0.05, 0.1) is 6.54 Å². The Morgan fingerprint density at radius 3 is 3.00 bits per heavy atom. The molecule has 0 aromatic carbocycles.